The average Bonchev–Trinajstić information content (AvgIpc) is 2.03. The third-order valence-corrected chi connectivity index (χ3v) is 3.38. The van der Waals surface area contributed by atoms with Crippen LogP contribution < -0.4 is 0 Å². The van der Waals surface area contributed by atoms with Gasteiger partial charge in [0.15, 0.2) is 0 Å². The van der Waals surface area contributed by atoms with Crippen LogP contribution in [0.4, 0.5) is 0 Å². The first kappa shape index (κ1) is 11.7. The molecule has 0 aromatic heterocycles. The normalized spacial score (nSPS) is 13.4. The van der Waals surface area contributed by atoms with Crippen molar-refractivity contribution in [3.63, 3.8) is 0 Å². The number of unbranched alkanes of at least 4 members (excludes halogenated alkanes) is 2. The molecule has 0 heterocycles. The summed E-state index contributed by atoms with van der Waals surface area (Å²) >= 11 is 2.52. The summed E-state index contributed by atoms with van der Waals surface area (Å²) in [5, 5.41) is 0. The molecule has 0 spiro atoms. The van der Waals surface area contributed by atoms with Crippen LogP contribution in [0.5, 0.6) is 0 Å². The SMILES string of the molecule is CCCCC[C@H](CI)CCC. The van der Waals surface area contributed by atoms with E-state index in [4.69, 9.17) is 0 Å². The number of hydrogen-bond donors (Lipinski definition) is 0. The molecule has 0 amide bonds. The Hall–Kier alpha value is 0.730. The molecule has 0 aliphatic heterocycles. The van der Waals surface area contributed by atoms with Gasteiger partial charge in [0.25, 0.3) is 0 Å². The van der Waals surface area contributed by atoms with Crippen molar-refractivity contribution in [3.8, 4) is 0 Å². The minimum Gasteiger partial charge on any atom is -0.0861 e. The molecule has 0 saturated heterocycles. The fourth-order valence-electron chi connectivity index (χ4n) is 1.39. The molecule has 0 nitrogen and oxygen atoms in total. The van der Waals surface area contributed by atoms with Crippen LogP contribution in [0.15, 0.2) is 0 Å². The van der Waals surface area contributed by atoms with E-state index in [-0.39, 0.29) is 0 Å². The molecular formula is C10H21I. The number of rotatable bonds is 7. The van der Waals surface area contributed by atoms with Gasteiger partial charge in [-0.1, -0.05) is 62.1 Å². The van der Waals surface area contributed by atoms with E-state index in [1.165, 1.54) is 43.0 Å². The van der Waals surface area contributed by atoms with Crippen molar-refractivity contribution in [1.82, 2.24) is 0 Å². The molecule has 68 valence electrons. The van der Waals surface area contributed by atoms with Gasteiger partial charge in [-0.3, -0.25) is 0 Å². The molecule has 0 aliphatic rings. The molecule has 0 aromatic rings. The lowest BCUT2D eigenvalue weighted by molar-refractivity contribution is 0.471. The van der Waals surface area contributed by atoms with Gasteiger partial charge in [0.1, 0.15) is 0 Å². The van der Waals surface area contributed by atoms with Crippen molar-refractivity contribution in [3.05, 3.63) is 0 Å². The molecule has 11 heavy (non-hydrogen) atoms. The van der Waals surface area contributed by atoms with Gasteiger partial charge in [0.05, 0.1) is 0 Å². The lowest BCUT2D eigenvalue weighted by Gasteiger charge is -2.11. The number of halogens is 1. The first-order valence-electron chi connectivity index (χ1n) is 4.91. The summed E-state index contributed by atoms with van der Waals surface area (Å²) in [5.74, 6) is 1.01. The van der Waals surface area contributed by atoms with E-state index < -0.39 is 0 Å². The molecular weight excluding hydrogens is 247 g/mol. The van der Waals surface area contributed by atoms with Crippen LogP contribution >= 0.6 is 22.6 Å². The summed E-state index contributed by atoms with van der Waals surface area (Å²) in [5.41, 5.74) is 0. The second kappa shape index (κ2) is 8.82. The van der Waals surface area contributed by atoms with Crippen LogP contribution in [0, 0.1) is 5.92 Å². The molecule has 0 unspecified atom stereocenters. The molecule has 0 bridgehead atoms. The van der Waals surface area contributed by atoms with Gasteiger partial charge >= 0.3 is 0 Å². The summed E-state index contributed by atoms with van der Waals surface area (Å²) in [7, 11) is 0. The smallest absolute Gasteiger partial charge is 0.00237 e. The van der Waals surface area contributed by atoms with E-state index in [2.05, 4.69) is 36.4 Å². The second-order valence-corrected chi connectivity index (χ2v) is 4.19. The van der Waals surface area contributed by atoms with E-state index >= 15 is 0 Å². The Morgan fingerprint density at radius 1 is 1.00 bits per heavy atom. The van der Waals surface area contributed by atoms with Crippen molar-refractivity contribution in [2.75, 3.05) is 4.43 Å². The highest BCUT2D eigenvalue weighted by molar-refractivity contribution is 14.1. The maximum Gasteiger partial charge on any atom is 0.00237 e. The number of alkyl halides is 1. The Kier molecular flexibility index (Phi) is 9.41. The van der Waals surface area contributed by atoms with Gasteiger partial charge in [0, 0.05) is 4.43 Å². The standard InChI is InChI=1S/C10H21I/c1-3-5-6-8-10(9-11)7-4-2/h10H,3-9H2,1-2H3/t10-/m1/s1. The predicted molar refractivity (Wildman–Crippen MR) is 61.4 cm³/mol. The minimum absolute atomic E-state index is 1.01. The summed E-state index contributed by atoms with van der Waals surface area (Å²) in [6.07, 6.45) is 8.50. The first-order chi connectivity index (χ1) is 5.35. The topological polar surface area (TPSA) is 0 Å². The van der Waals surface area contributed by atoms with E-state index in [1.807, 2.05) is 0 Å². The highest BCUT2D eigenvalue weighted by Crippen LogP contribution is 2.17. The molecule has 0 rings (SSSR count). The molecule has 1 heteroatoms. The van der Waals surface area contributed by atoms with E-state index in [0.717, 1.165) is 5.92 Å². The van der Waals surface area contributed by atoms with Crippen LogP contribution in [0.2, 0.25) is 0 Å². The van der Waals surface area contributed by atoms with Crippen molar-refractivity contribution >= 4 is 22.6 Å². The monoisotopic (exact) mass is 268 g/mol. The van der Waals surface area contributed by atoms with Crippen LogP contribution in [-0.4, -0.2) is 4.43 Å². The van der Waals surface area contributed by atoms with Gasteiger partial charge in [-0.05, 0) is 18.8 Å². The minimum atomic E-state index is 1.01. The average molecular weight is 268 g/mol. The third kappa shape index (κ3) is 7.10. The molecule has 0 aromatic carbocycles. The van der Waals surface area contributed by atoms with Crippen molar-refractivity contribution in [2.24, 2.45) is 5.92 Å². The van der Waals surface area contributed by atoms with Crippen molar-refractivity contribution in [1.29, 1.82) is 0 Å². The molecule has 0 aliphatic carbocycles. The Morgan fingerprint density at radius 3 is 2.18 bits per heavy atom. The highest BCUT2D eigenvalue weighted by atomic mass is 127. The fourth-order valence-corrected chi connectivity index (χ4v) is 2.27. The van der Waals surface area contributed by atoms with Crippen LogP contribution in [0.25, 0.3) is 0 Å². The van der Waals surface area contributed by atoms with Crippen molar-refractivity contribution in [2.45, 2.75) is 52.4 Å². The zero-order chi connectivity index (χ0) is 8.53. The quantitative estimate of drug-likeness (QED) is 0.364. The van der Waals surface area contributed by atoms with Crippen LogP contribution in [-0.2, 0) is 0 Å². The zero-order valence-electron chi connectivity index (χ0n) is 7.91. The zero-order valence-corrected chi connectivity index (χ0v) is 10.1. The highest BCUT2D eigenvalue weighted by Gasteiger charge is 2.04. The summed E-state index contributed by atoms with van der Waals surface area (Å²) in [6, 6.07) is 0. The Morgan fingerprint density at radius 2 is 1.73 bits per heavy atom. The van der Waals surface area contributed by atoms with Gasteiger partial charge in [-0.15, -0.1) is 0 Å². The molecule has 0 N–H and O–H groups in total. The number of hydrogen-bond acceptors (Lipinski definition) is 0. The molecule has 0 saturated carbocycles. The Labute approximate surface area is 85.3 Å². The van der Waals surface area contributed by atoms with Gasteiger partial charge in [0.2, 0.25) is 0 Å². The third-order valence-electron chi connectivity index (χ3n) is 2.13. The summed E-state index contributed by atoms with van der Waals surface area (Å²) in [6.45, 7) is 4.57. The van der Waals surface area contributed by atoms with Gasteiger partial charge < -0.3 is 0 Å². The van der Waals surface area contributed by atoms with Gasteiger partial charge in [-0.25, -0.2) is 0 Å². The summed E-state index contributed by atoms with van der Waals surface area (Å²) < 4.78 is 1.36. The Balaban J connectivity index is 3.20. The predicted octanol–water partition coefficient (Wildman–Crippen LogP) is 4.42. The lowest BCUT2D eigenvalue weighted by Crippen LogP contribution is -2.00. The summed E-state index contributed by atoms with van der Waals surface area (Å²) in [4.78, 5) is 0. The maximum atomic E-state index is 2.52. The maximum absolute atomic E-state index is 2.52. The molecule has 1 atom stereocenters. The van der Waals surface area contributed by atoms with E-state index in [1.54, 1.807) is 0 Å². The van der Waals surface area contributed by atoms with Crippen LogP contribution in [0.1, 0.15) is 52.4 Å². The molecule has 0 fully saturated rings. The Bertz CT molecular complexity index is 71.3. The first-order valence-corrected chi connectivity index (χ1v) is 6.43. The van der Waals surface area contributed by atoms with E-state index in [9.17, 15) is 0 Å². The molecule has 0 radical (unpaired) electrons. The van der Waals surface area contributed by atoms with Gasteiger partial charge in [-0.2, -0.15) is 0 Å². The fraction of sp³-hybridized carbons (Fsp3) is 1.00. The second-order valence-electron chi connectivity index (χ2n) is 3.30. The van der Waals surface area contributed by atoms with Crippen molar-refractivity contribution < 1.29 is 0 Å². The lowest BCUT2D eigenvalue weighted by atomic mass is 9.99. The largest absolute Gasteiger partial charge is 0.0861 e. The van der Waals surface area contributed by atoms with E-state index in [0.29, 0.717) is 0 Å². The van der Waals surface area contributed by atoms with Crippen LogP contribution in [0.3, 0.4) is 0 Å².